The summed E-state index contributed by atoms with van der Waals surface area (Å²) in [6.07, 6.45) is -8.13. The van der Waals surface area contributed by atoms with Crippen LogP contribution in [-0.4, -0.2) is 29.4 Å². The van der Waals surface area contributed by atoms with Gasteiger partial charge < -0.3 is 20.7 Å². The Hall–Kier alpha value is -1.80. The number of rotatable bonds is 4. The molecule has 0 aliphatic heterocycles. The molecule has 0 saturated carbocycles. The van der Waals surface area contributed by atoms with E-state index in [-0.39, 0.29) is 5.56 Å². The first-order chi connectivity index (χ1) is 9.16. The van der Waals surface area contributed by atoms with Gasteiger partial charge >= 0.3 is 12.1 Å². The number of methoxy groups -OCH3 is 1. The van der Waals surface area contributed by atoms with Crippen molar-refractivity contribution in [3.8, 4) is 0 Å². The minimum absolute atomic E-state index is 0.0214. The number of carbonyl (C=O) groups is 1. The third kappa shape index (κ3) is 3.84. The lowest BCUT2D eigenvalue weighted by Gasteiger charge is -2.19. The molecule has 2 atom stereocenters. The highest BCUT2D eigenvalue weighted by atomic mass is 19.4. The van der Waals surface area contributed by atoms with Gasteiger partial charge in [-0.05, 0) is 17.7 Å². The van der Waals surface area contributed by atoms with Crippen molar-refractivity contribution in [1.82, 2.24) is 0 Å². The number of anilines is 1. The average molecular weight is 293 g/mol. The number of nitrogen functional groups attached to an aromatic ring is 1. The van der Waals surface area contributed by atoms with Crippen molar-refractivity contribution in [3.05, 3.63) is 29.3 Å². The summed E-state index contributed by atoms with van der Waals surface area (Å²) in [5.41, 5.74) is 3.65. The number of benzene rings is 1. The van der Waals surface area contributed by atoms with E-state index in [9.17, 15) is 28.2 Å². The Morgan fingerprint density at radius 3 is 2.45 bits per heavy atom. The molecule has 8 heteroatoms. The van der Waals surface area contributed by atoms with E-state index in [2.05, 4.69) is 4.74 Å². The molecule has 0 aliphatic carbocycles. The van der Waals surface area contributed by atoms with Crippen molar-refractivity contribution < 1.29 is 32.9 Å². The third-order valence-electron chi connectivity index (χ3n) is 2.69. The van der Waals surface area contributed by atoms with Crippen LogP contribution in [0, 0.1) is 0 Å². The first-order valence-corrected chi connectivity index (χ1v) is 5.56. The molecule has 0 fully saturated rings. The Bertz CT molecular complexity index is 490. The maximum absolute atomic E-state index is 12.5. The van der Waals surface area contributed by atoms with Crippen molar-refractivity contribution in [2.75, 3.05) is 12.8 Å². The molecule has 5 nitrogen and oxygen atoms in total. The zero-order valence-corrected chi connectivity index (χ0v) is 10.5. The number of aliphatic hydroxyl groups excluding tert-OH is 2. The van der Waals surface area contributed by atoms with E-state index in [0.717, 1.165) is 19.2 Å². The zero-order chi connectivity index (χ0) is 15.5. The first-order valence-electron chi connectivity index (χ1n) is 5.56. The van der Waals surface area contributed by atoms with E-state index in [4.69, 9.17) is 5.73 Å². The molecule has 0 spiro atoms. The highest BCUT2D eigenvalue weighted by molar-refractivity contribution is 5.69. The second-order valence-corrected chi connectivity index (χ2v) is 4.14. The van der Waals surface area contributed by atoms with Crippen LogP contribution in [0.4, 0.5) is 18.9 Å². The topological polar surface area (TPSA) is 92.8 Å². The number of nitrogens with two attached hydrogens (primary N) is 1. The lowest BCUT2D eigenvalue weighted by atomic mass is 9.99. The van der Waals surface area contributed by atoms with E-state index < -0.39 is 42.0 Å². The fourth-order valence-corrected chi connectivity index (χ4v) is 1.61. The molecule has 0 aliphatic rings. The smallest absolute Gasteiger partial charge is 0.418 e. The first kappa shape index (κ1) is 16.3. The summed E-state index contributed by atoms with van der Waals surface area (Å²) in [6, 6.07) is 2.61. The average Bonchev–Trinajstić information content (AvgIpc) is 2.35. The molecule has 0 aromatic heterocycles. The van der Waals surface area contributed by atoms with Gasteiger partial charge in [-0.3, -0.25) is 4.79 Å². The number of hydrogen-bond acceptors (Lipinski definition) is 5. The number of esters is 1. The van der Waals surface area contributed by atoms with Crippen molar-refractivity contribution >= 4 is 11.7 Å². The van der Waals surface area contributed by atoms with Crippen LogP contribution in [0.2, 0.25) is 0 Å². The monoisotopic (exact) mass is 293 g/mol. The van der Waals surface area contributed by atoms with Crippen LogP contribution < -0.4 is 5.73 Å². The molecule has 0 radical (unpaired) electrons. The van der Waals surface area contributed by atoms with Crippen LogP contribution in [0.5, 0.6) is 0 Å². The van der Waals surface area contributed by atoms with Gasteiger partial charge in [-0.15, -0.1) is 0 Å². The Morgan fingerprint density at radius 1 is 1.40 bits per heavy atom. The van der Waals surface area contributed by atoms with Crippen molar-refractivity contribution in [1.29, 1.82) is 0 Å². The van der Waals surface area contributed by atoms with E-state index >= 15 is 0 Å². The van der Waals surface area contributed by atoms with Gasteiger partial charge in [0.25, 0.3) is 0 Å². The van der Waals surface area contributed by atoms with Crippen molar-refractivity contribution in [2.24, 2.45) is 0 Å². The van der Waals surface area contributed by atoms with Crippen LogP contribution in [-0.2, 0) is 15.7 Å². The predicted molar refractivity (Wildman–Crippen MR) is 63.5 cm³/mol. The van der Waals surface area contributed by atoms with E-state index in [0.29, 0.717) is 6.07 Å². The molecule has 1 aromatic carbocycles. The Balaban J connectivity index is 2.92. The largest absolute Gasteiger partial charge is 0.469 e. The van der Waals surface area contributed by atoms with Gasteiger partial charge in [0, 0.05) is 5.69 Å². The quantitative estimate of drug-likeness (QED) is 0.574. The Kier molecular flexibility index (Phi) is 4.96. The number of aliphatic hydroxyl groups is 2. The summed E-state index contributed by atoms with van der Waals surface area (Å²) < 4.78 is 41.8. The number of ether oxygens (including phenoxy) is 1. The Labute approximate surface area is 112 Å². The molecule has 112 valence electrons. The van der Waals surface area contributed by atoms with Crippen LogP contribution in [0.15, 0.2) is 18.2 Å². The molecule has 1 rings (SSSR count). The fraction of sp³-hybridized carbons (Fsp3) is 0.417. The lowest BCUT2D eigenvalue weighted by Crippen LogP contribution is -2.23. The van der Waals surface area contributed by atoms with E-state index in [1.54, 1.807) is 0 Å². The Morgan fingerprint density at radius 2 is 2.00 bits per heavy atom. The molecular formula is C12H14F3NO4. The molecular weight excluding hydrogens is 279 g/mol. The van der Waals surface area contributed by atoms with Crippen LogP contribution >= 0.6 is 0 Å². The van der Waals surface area contributed by atoms with Crippen molar-refractivity contribution in [3.63, 3.8) is 0 Å². The van der Waals surface area contributed by atoms with Crippen molar-refractivity contribution in [2.45, 2.75) is 24.8 Å². The summed E-state index contributed by atoms with van der Waals surface area (Å²) in [5.74, 6) is -0.753. The number of carbonyl (C=O) groups excluding carboxylic acids is 1. The zero-order valence-electron chi connectivity index (χ0n) is 10.5. The van der Waals surface area contributed by atoms with Gasteiger partial charge in [0.2, 0.25) is 0 Å². The van der Waals surface area contributed by atoms with Crippen LogP contribution in [0.3, 0.4) is 0 Å². The molecule has 0 heterocycles. The maximum atomic E-state index is 12.5. The summed E-state index contributed by atoms with van der Waals surface area (Å²) in [7, 11) is 1.11. The summed E-state index contributed by atoms with van der Waals surface area (Å²) in [6.45, 7) is 0. The molecule has 0 saturated heterocycles. The predicted octanol–water partition coefficient (Wildman–Crippen LogP) is 1.25. The summed E-state index contributed by atoms with van der Waals surface area (Å²) >= 11 is 0. The highest BCUT2D eigenvalue weighted by Gasteiger charge is 2.33. The molecule has 0 bridgehead atoms. The maximum Gasteiger partial charge on any atom is 0.418 e. The van der Waals surface area contributed by atoms with E-state index in [1.807, 2.05) is 0 Å². The minimum atomic E-state index is -4.60. The van der Waals surface area contributed by atoms with Crippen LogP contribution in [0.25, 0.3) is 0 Å². The van der Waals surface area contributed by atoms with Gasteiger partial charge in [-0.25, -0.2) is 0 Å². The summed E-state index contributed by atoms with van der Waals surface area (Å²) in [4.78, 5) is 10.9. The molecule has 20 heavy (non-hydrogen) atoms. The molecule has 0 amide bonds. The number of hydrogen-bond donors (Lipinski definition) is 3. The molecule has 1 aromatic rings. The lowest BCUT2D eigenvalue weighted by molar-refractivity contribution is -0.144. The second kappa shape index (κ2) is 6.10. The fourth-order valence-electron chi connectivity index (χ4n) is 1.61. The molecule has 2 unspecified atom stereocenters. The summed E-state index contributed by atoms with van der Waals surface area (Å²) in [5, 5.41) is 19.3. The molecule has 4 N–H and O–H groups in total. The number of halogens is 3. The normalized spacial score (nSPS) is 14.7. The van der Waals surface area contributed by atoms with Gasteiger partial charge in [0.05, 0.1) is 25.2 Å². The minimum Gasteiger partial charge on any atom is -0.469 e. The van der Waals surface area contributed by atoms with Crippen LogP contribution in [0.1, 0.15) is 23.7 Å². The number of alkyl halides is 3. The van der Waals surface area contributed by atoms with Gasteiger partial charge in [-0.2, -0.15) is 13.2 Å². The van der Waals surface area contributed by atoms with E-state index in [1.165, 1.54) is 0 Å². The second-order valence-electron chi connectivity index (χ2n) is 4.14. The van der Waals surface area contributed by atoms with Gasteiger partial charge in [0.15, 0.2) is 0 Å². The standard InChI is InChI=1S/C12H14F3NO4/c1-20-10(18)5-9(17)11(19)6-2-3-7(8(16)4-6)12(13,14)15/h2-4,9,11,17,19H,5,16H2,1H3. The SMILES string of the molecule is COC(=O)CC(O)C(O)c1ccc(C(F)(F)F)c(N)c1. The third-order valence-corrected chi connectivity index (χ3v) is 2.69. The van der Waals surface area contributed by atoms with Gasteiger partial charge in [-0.1, -0.05) is 6.07 Å². The van der Waals surface area contributed by atoms with Gasteiger partial charge in [0.1, 0.15) is 6.10 Å². The highest BCUT2D eigenvalue weighted by Crippen LogP contribution is 2.35.